The predicted molar refractivity (Wildman–Crippen MR) is 203 cm³/mol. The summed E-state index contributed by atoms with van der Waals surface area (Å²) in [7, 11) is 0. The van der Waals surface area contributed by atoms with Gasteiger partial charge in [-0.2, -0.15) is 15.3 Å². The van der Waals surface area contributed by atoms with Crippen LogP contribution in [0.15, 0.2) is 128 Å². The number of hydrogen-bond acceptors (Lipinski definition) is 12. The van der Waals surface area contributed by atoms with Gasteiger partial charge in [-0.15, -0.1) is 0 Å². The zero-order valence-electron chi connectivity index (χ0n) is 30.1. The molecule has 0 saturated carbocycles. The molecule has 15 nitrogen and oxygen atoms in total. The van der Waals surface area contributed by atoms with Gasteiger partial charge in [0.2, 0.25) is 0 Å². The minimum atomic E-state index is -0.674. The SMILES string of the molecule is FCc1nc(-c2cccc(-c3ccccn3)n2)n[nH]1.FCc1nc(-c2cccc(-c3ccccn3)n2)n[nH]1.FCc1nc(-c2cccc(-c3ccccn3)n2)n[nH]1.[Eu]. The van der Waals surface area contributed by atoms with Gasteiger partial charge < -0.3 is 0 Å². The molecule has 0 amide bonds. The van der Waals surface area contributed by atoms with Crippen LogP contribution in [0.1, 0.15) is 17.5 Å². The molecule has 0 aliphatic heterocycles. The van der Waals surface area contributed by atoms with Crippen molar-refractivity contribution < 1.29 is 62.5 Å². The molecule has 0 aromatic carbocycles. The average Bonchev–Trinajstić information content (AvgIpc) is 4.10. The van der Waals surface area contributed by atoms with E-state index in [0.717, 1.165) is 34.2 Å². The van der Waals surface area contributed by atoms with E-state index in [9.17, 15) is 13.2 Å². The Balaban J connectivity index is 0.000000145. The molecular weight excluding hydrogens is 887 g/mol. The standard InChI is InChI=1S/3C13H10FN5.Eu/c3*14-8-12-17-13(19-18-12)11-6-3-5-10(16-11)9-4-1-2-7-15-9;/h3*1-7H,8H2,(H,17,18,19);. The van der Waals surface area contributed by atoms with E-state index < -0.39 is 20.0 Å². The van der Waals surface area contributed by atoms with Crippen molar-refractivity contribution in [1.82, 2.24) is 75.4 Å². The van der Waals surface area contributed by atoms with Crippen molar-refractivity contribution in [1.29, 1.82) is 0 Å². The second-order valence-corrected chi connectivity index (χ2v) is 11.6. The molecule has 0 spiro atoms. The van der Waals surface area contributed by atoms with Gasteiger partial charge >= 0.3 is 0 Å². The Morgan fingerprint density at radius 2 is 0.603 bits per heavy atom. The second-order valence-electron chi connectivity index (χ2n) is 11.6. The number of H-pyrrole nitrogens is 3. The molecule has 0 saturated heterocycles. The van der Waals surface area contributed by atoms with Crippen molar-refractivity contribution in [3.8, 4) is 68.7 Å². The minimum Gasteiger partial charge on any atom is -0.260 e. The maximum absolute atomic E-state index is 12.4. The van der Waals surface area contributed by atoms with Crippen LogP contribution in [-0.2, 0) is 20.0 Å². The third kappa shape index (κ3) is 10.8. The van der Waals surface area contributed by atoms with E-state index in [1.165, 1.54) is 0 Å². The Morgan fingerprint density at radius 3 is 0.845 bits per heavy atom. The number of alkyl halides is 3. The Hall–Kier alpha value is -6.31. The first-order chi connectivity index (χ1) is 28.1. The van der Waals surface area contributed by atoms with E-state index in [-0.39, 0.29) is 66.8 Å². The molecule has 9 heterocycles. The summed E-state index contributed by atoms with van der Waals surface area (Å²) in [4.78, 5) is 38.0. The quantitative estimate of drug-likeness (QED) is 0.132. The monoisotopic (exact) mass is 918 g/mol. The van der Waals surface area contributed by atoms with Crippen LogP contribution in [0.5, 0.6) is 0 Å². The van der Waals surface area contributed by atoms with Crippen molar-refractivity contribution in [2.75, 3.05) is 0 Å². The smallest absolute Gasteiger partial charge is 0.199 e. The molecule has 9 rings (SSSR count). The maximum Gasteiger partial charge on any atom is 0.199 e. The molecule has 0 bridgehead atoms. The second kappa shape index (κ2) is 20.7. The zero-order valence-corrected chi connectivity index (χ0v) is 32.5. The average molecular weight is 918 g/mol. The van der Waals surface area contributed by atoms with Crippen LogP contribution in [0.2, 0.25) is 0 Å². The number of hydrogen-bond donors (Lipinski definition) is 3. The Kier molecular flexibility index (Phi) is 14.8. The van der Waals surface area contributed by atoms with Gasteiger partial charge in [-0.25, -0.2) is 43.1 Å². The molecule has 19 heteroatoms. The summed E-state index contributed by atoms with van der Waals surface area (Å²) in [5, 5.41) is 19.4. The van der Waals surface area contributed by atoms with Gasteiger partial charge in [-0.05, 0) is 72.8 Å². The van der Waals surface area contributed by atoms with Crippen LogP contribution in [0.3, 0.4) is 0 Å². The molecule has 0 fully saturated rings. The summed E-state index contributed by atoms with van der Waals surface area (Å²) in [5.41, 5.74) is 6.23. The van der Waals surface area contributed by atoms with Crippen molar-refractivity contribution in [3.63, 3.8) is 0 Å². The molecule has 58 heavy (non-hydrogen) atoms. The third-order valence-corrected chi connectivity index (χ3v) is 7.69. The van der Waals surface area contributed by atoms with Crippen molar-refractivity contribution in [2.45, 2.75) is 20.0 Å². The molecule has 0 unspecified atom stereocenters. The Bertz CT molecular complexity index is 2340. The fourth-order valence-electron chi connectivity index (χ4n) is 5.06. The molecule has 0 aliphatic rings. The van der Waals surface area contributed by atoms with Gasteiger partial charge in [-0.1, -0.05) is 36.4 Å². The first-order valence-electron chi connectivity index (χ1n) is 17.2. The molecule has 9 aromatic rings. The normalized spacial score (nSPS) is 10.4. The summed E-state index contributed by atoms with van der Waals surface area (Å²) >= 11 is 0. The zero-order chi connectivity index (χ0) is 39.2. The first kappa shape index (κ1) is 41.3. The van der Waals surface area contributed by atoms with Crippen molar-refractivity contribution in [3.05, 3.63) is 145 Å². The fourth-order valence-corrected chi connectivity index (χ4v) is 5.06. The van der Waals surface area contributed by atoms with E-state index in [1.54, 1.807) is 36.8 Å². The van der Waals surface area contributed by atoms with Gasteiger partial charge in [-0.3, -0.25) is 30.2 Å². The van der Waals surface area contributed by atoms with Gasteiger partial charge in [0.05, 0.1) is 34.2 Å². The molecule has 9 aromatic heterocycles. The molecular formula is C39H30EuF3N15. The topological polar surface area (TPSA) is 202 Å². The van der Waals surface area contributed by atoms with E-state index in [0.29, 0.717) is 34.6 Å². The molecule has 3 N–H and O–H groups in total. The maximum atomic E-state index is 12.4. The van der Waals surface area contributed by atoms with Crippen LogP contribution < -0.4 is 0 Å². The third-order valence-electron chi connectivity index (χ3n) is 7.69. The van der Waals surface area contributed by atoms with Crippen LogP contribution >= 0.6 is 0 Å². The first-order valence-corrected chi connectivity index (χ1v) is 17.2. The summed E-state index contributed by atoms with van der Waals surface area (Å²) in [6, 6.07) is 33.3. The van der Waals surface area contributed by atoms with E-state index in [4.69, 9.17) is 0 Å². The Labute approximate surface area is 369 Å². The van der Waals surface area contributed by atoms with Gasteiger partial charge in [0, 0.05) is 68.0 Å². The van der Waals surface area contributed by atoms with Crippen LogP contribution in [0.4, 0.5) is 13.2 Å². The van der Waals surface area contributed by atoms with Crippen LogP contribution in [-0.4, -0.2) is 75.4 Å². The van der Waals surface area contributed by atoms with Gasteiger partial charge in [0.1, 0.15) is 37.1 Å². The van der Waals surface area contributed by atoms with E-state index in [1.807, 2.05) is 91.0 Å². The van der Waals surface area contributed by atoms with Gasteiger partial charge in [0.15, 0.2) is 34.9 Å². The number of rotatable bonds is 9. The van der Waals surface area contributed by atoms with E-state index >= 15 is 0 Å². The molecule has 1 radical (unpaired) electrons. The summed E-state index contributed by atoms with van der Waals surface area (Å²) in [5.74, 6) is 1.72. The van der Waals surface area contributed by atoms with Gasteiger partial charge in [0.25, 0.3) is 0 Å². The number of nitrogens with one attached hydrogen (secondary N) is 3. The Morgan fingerprint density at radius 1 is 0.328 bits per heavy atom. The van der Waals surface area contributed by atoms with Crippen molar-refractivity contribution >= 4 is 0 Å². The van der Waals surface area contributed by atoms with Crippen LogP contribution in [0, 0.1) is 49.4 Å². The molecule has 0 aliphatic carbocycles. The number of nitrogens with zero attached hydrogens (tertiary/aromatic N) is 12. The summed E-state index contributed by atoms with van der Waals surface area (Å²) in [6.07, 6.45) is 5.12. The summed E-state index contributed by atoms with van der Waals surface area (Å²) in [6.45, 7) is -2.02. The van der Waals surface area contributed by atoms with E-state index in [2.05, 4.69) is 75.4 Å². The summed E-state index contributed by atoms with van der Waals surface area (Å²) < 4.78 is 37.3. The fraction of sp³-hybridized carbons (Fsp3) is 0.0769. The molecule has 289 valence electrons. The number of halogens is 3. The largest absolute Gasteiger partial charge is 0.260 e. The number of aromatic nitrogens is 15. The predicted octanol–water partition coefficient (Wildman–Crippen LogP) is 7.19. The minimum absolute atomic E-state index is 0. The van der Waals surface area contributed by atoms with Crippen molar-refractivity contribution in [2.24, 2.45) is 0 Å². The molecule has 0 atom stereocenters. The number of aromatic amines is 3. The van der Waals surface area contributed by atoms with Crippen LogP contribution in [0.25, 0.3) is 68.7 Å². The number of pyridine rings is 6.